The van der Waals surface area contributed by atoms with E-state index in [1.807, 2.05) is 0 Å². The van der Waals surface area contributed by atoms with Crippen LogP contribution in [-0.2, 0) is 0 Å². The number of hydrogen-bond acceptors (Lipinski definition) is 3. The summed E-state index contributed by atoms with van der Waals surface area (Å²) in [6.45, 7) is 1.61. The van der Waals surface area contributed by atoms with Crippen molar-refractivity contribution in [3.05, 3.63) is 57.6 Å². The molecule has 0 aromatic heterocycles. The average Bonchev–Trinajstić information content (AvgIpc) is 2.41. The van der Waals surface area contributed by atoms with E-state index in [1.54, 1.807) is 25.1 Å². The van der Waals surface area contributed by atoms with Crippen molar-refractivity contribution in [3.8, 4) is 5.75 Å². The molecule has 0 saturated carbocycles. The monoisotopic (exact) mass is 349 g/mol. The van der Waals surface area contributed by atoms with Crippen LogP contribution >= 0.6 is 15.9 Å². The van der Waals surface area contributed by atoms with Crippen molar-refractivity contribution in [3.63, 3.8) is 0 Å². The highest BCUT2D eigenvalue weighted by Gasteiger charge is 2.16. The molecule has 3 N–H and O–H groups in total. The third-order valence-electron chi connectivity index (χ3n) is 3.01. The number of rotatable bonds is 3. The number of aromatic hydroxyl groups is 1. The Bertz CT molecular complexity index is 728. The van der Waals surface area contributed by atoms with E-state index in [9.17, 15) is 14.7 Å². The number of amides is 1. The van der Waals surface area contributed by atoms with Gasteiger partial charge in [-0.25, -0.2) is 4.79 Å². The van der Waals surface area contributed by atoms with Crippen LogP contribution in [0.3, 0.4) is 0 Å². The molecule has 0 bridgehead atoms. The molecule has 0 unspecified atom stereocenters. The van der Waals surface area contributed by atoms with Crippen molar-refractivity contribution in [2.24, 2.45) is 0 Å². The molecule has 0 saturated heterocycles. The molecule has 2 aromatic carbocycles. The number of carbonyl (C=O) groups excluding carboxylic acids is 1. The third kappa shape index (κ3) is 3.22. The lowest BCUT2D eigenvalue weighted by Gasteiger charge is -2.11. The molecule has 0 atom stereocenters. The Morgan fingerprint density at radius 1 is 1.14 bits per heavy atom. The van der Waals surface area contributed by atoms with Crippen LogP contribution in [0.5, 0.6) is 5.75 Å². The van der Waals surface area contributed by atoms with Gasteiger partial charge in [-0.05, 0) is 37.3 Å². The number of aromatic carboxylic acids is 1. The second kappa shape index (κ2) is 5.97. The minimum atomic E-state index is -1.13. The summed E-state index contributed by atoms with van der Waals surface area (Å²) in [7, 11) is 0. The molecule has 0 aliphatic carbocycles. The van der Waals surface area contributed by atoms with Crippen LogP contribution in [0.4, 0.5) is 5.69 Å². The maximum absolute atomic E-state index is 12.2. The van der Waals surface area contributed by atoms with Crippen LogP contribution in [-0.4, -0.2) is 22.1 Å². The molecule has 2 aromatic rings. The maximum Gasteiger partial charge on any atom is 0.337 e. The van der Waals surface area contributed by atoms with Crippen LogP contribution in [0, 0.1) is 6.92 Å². The van der Waals surface area contributed by atoms with E-state index in [0.717, 1.165) is 0 Å². The van der Waals surface area contributed by atoms with Gasteiger partial charge in [0, 0.05) is 15.6 Å². The summed E-state index contributed by atoms with van der Waals surface area (Å²) >= 11 is 3.23. The fourth-order valence-corrected chi connectivity index (χ4v) is 2.23. The summed E-state index contributed by atoms with van der Waals surface area (Å²) in [5, 5.41) is 21.3. The van der Waals surface area contributed by atoms with Crippen LogP contribution in [0.2, 0.25) is 0 Å². The van der Waals surface area contributed by atoms with Gasteiger partial charge >= 0.3 is 5.97 Å². The van der Waals surface area contributed by atoms with E-state index in [1.165, 1.54) is 18.2 Å². The van der Waals surface area contributed by atoms with E-state index in [0.29, 0.717) is 10.0 Å². The first kappa shape index (κ1) is 15.1. The van der Waals surface area contributed by atoms with Crippen LogP contribution in [0.25, 0.3) is 0 Å². The number of hydrogen-bond donors (Lipinski definition) is 3. The van der Waals surface area contributed by atoms with E-state index in [4.69, 9.17) is 5.11 Å². The highest BCUT2D eigenvalue weighted by Crippen LogP contribution is 2.24. The number of phenolic OH excluding ortho intramolecular Hbond substituents is 1. The second-order valence-corrected chi connectivity index (χ2v) is 5.31. The number of halogens is 1. The first-order valence-electron chi connectivity index (χ1n) is 6.03. The smallest absolute Gasteiger partial charge is 0.337 e. The van der Waals surface area contributed by atoms with E-state index in [-0.39, 0.29) is 22.6 Å². The molecule has 0 spiro atoms. The topological polar surface area (TPSA) is 86.6 Å². The van der Waals surface area contributed by atoms with Crippen molar-refractivity contribution in [1.29, 1.82) is 0 Å². The molecule has 6 heteroatoms. The van der Waals surface area contributed by atoms with Gasteiger partial charge in [-0.3, -0.25) is 4.79 Å². The molecule has 0 aliphatic heterocycles. The minimum absolute atomic E-state index is 0.00958. The van der Waals surface area contributed by atoms with Gasteiger partial charge in [0.05, 0.1) is 11.3 Å². The summed E-state index contributed by atoms with van der Waals surface area (Å²) in [6.07, 6.45) is 0. The normalized spacial score (nSPS) is 10.2. The largest absolute Gasteiger partial charge is 0.508 e. The number of nitrogens with one attached hydrogen (secondary N) is 1. The number of carboxylic acids is 1. The summed E-state index contributed by atoms with van der Waals surface area (Å²) in [4.78, 5) is 23.4. The van der Waals surface area contributed by atoms with Gasteiger partial charge in [0.25, 0.3) is 5.91 Å². The molecule has 5 nitrogen and oxygen atoms in total. The van der Waals surface area contributed by atoms with Crippen LogP contribution in [0.15, 0.2) is 40.9 Å². The first-order valence-corrected chi connectivity index (χ1v) is 6.82. The van der Waals surface area contributed by atoms with Crippen molar-refractivity contribution in [1.82, 2.24) is 0 Å². The Kier molecular flexibility index (Phi) is 4.28. The van der Waals surface area contributed by atoms with Gasteiger partial charge in [-0.2, -0.15) is 0 Å². The third-order valence-corrected chi connectivity index (χ3v) is 3.50. The summed E-state index contributed by atoms with van der Waals surface area (Å²) in [6, 6.07) is 9.09. The van der Waals surface area contributed by atoms with Gasteiger partial charge < -0.3 is 15.5 Å². The van der Waals surface area contributed by atoms with Gasteiger partial charge in [0.1, 0.15) is 5.75 Å². The van der Waals surface area contributed by atoms with Crippen molar-refractivity contribution >= 4 is 33.5 Å². The van der Waals surface area contributed by atoms with Crippen molar-refractivity contribution in [2.75, 3.05) is 5.32 Å². The molecule has 0 radical (unpaired) electrons. The van der Waals surface area contributed by atoms with Crippen LogP contribution in [0.1, 0.15) is 26.3 Å². The molecular formula is C15H12BrNO4. The number of anilines is 1. The lowest BCUT2D eigenvalue weighted by molar-refractivity contribution is 0.0698. The highest BCUT2D eigenvalue weighted by atomic mass is 79.9. The molecule has 0 aliphatic rings. The Morgan fingerprint density at radius 3 is 2.52 bits per heavy atom. The fraction of sp³-hybridized carbons (Fsp3) is 0.0667. The van der Waals surface area contributed by atoms with Crippen LogP contribution < -0.4 is 5.32 Å². The van der Waals surface area contributed by atoms with Gasteiger partial charge in [0.15, 0.2) is 0 Å². The Hall–Kier alpha value is -2.34. The number of carbonyl (C=O) groups is 2. The second-order valence-electron chi connectivity index (χ2n) is 4.40. The van der Waals surface area contributed by atoms with Gasteiger partial charge in [0.2, 0.25) is 0 Å². The zero-order chi connectivity index (χ0) is 15.6. The highest BCUT2D eigenvalue weighted by molar-refractivity contribution is 9.10. The summed E-state index contributed by atoms with van der Waals surface area (Å²) < 4.78 is 0.649. The zero-order valence-electron chi connectivity index (χ0n) is 11.1. The summed E-state index contributed by atoms with van der Waals surface area (Å²) in [5.74, 6) is -1.61. The standard InChI is InChI=1S/C15H12BrNO4/c1-8-10(3-2-4-13(8)18)14(19)17-12-7-9(16)5-6-11(12)15(20)21/h2-7,18H,1H3,(H,17,19)(H,20,21). The Morgan fingerprint density at radius 2 is 1.86 bits per heavy atom. The minimum Gasteiger partial charge on any atom is -0.508 e. The van der Waals surface area contributed by atoms with Crippen molar-refractivity contribution in [2.45, 2.75) is 6.92 Å². The molecule has 108 valence electrons. The maximum atomic E-state index is 12.2. The average molecular weight is 350 g/mol. The number of phenols is 1. The first-order chi connectivity index (χ1) is 9.90. The molecule has 21 heavy (non-hydrogen) atoms. The molecule has 0 fully saturated rings. The lowest BCUT2D eigenvalue weighted by Crippen LogP contribution is -2.16. The molecule has 2 rings (SSSR count). The molecule has 0 heterocycles. The predicted octanol–water partition coefficient (Wildman–Crippen LogP) is 3.41. The van der Waals surface area contributed by atoms with Gasteiger partial charge in [-0.15, -0.1) is 0 Å². The molecular weight excluding hydrogens is 338 g/mol. The number of benzene rings is 2. The van der Waals surface area contributed by atoms with Crippen molar-refractivity contribution < 1.29 is 19.8 Å². The van der Waals surface area contributed by atoms with E-state index >= 15 is 0 Å². The zero-order valence-corrected chi connectivity index (χ0v) is 12.6. The van der Waals surface area contributed by atoms with Gasteiger partial charge in [-0.1, -0.05) is 22.0 Å². The fourth-order valence-electron chi connectivity index (χ4n) is 1.87. The SMILES string of the molecule is Cc1c(O)cccc1C(=O)Nc1cc(Br)ccc1C(=O)O. The Labute approximate surface area is 129 Å². The quantitative estimate of drug-likeness (QED) is 0.792. The molecule has 1 amide bonds. The predicted molar refractivity (Wildman–Crippen MR) is 81.9 cm³/mol. The lowest BCUT2D eigenvalue weighted by atomic mass is 10.1. The van der Waals surface area contributed by atoms with E-state index in [2.05, 4.69) is 21.2 Å². The number of carboxylic acid groups (broad SMARTS) is 1. The van der Waals surface area contributed by atoms with E-state index < -0.39 is 11.9 Å². The summed E-state index contributed by atoms with van der Waals surface area (Å²) in [5.41, 5.74) is 0.891. The Balaban J connectivity index is 2.38.